The van der Waals surface area contributed by atoms with E-state index in [0.717, 1.165) is 5.56 Å². The van der Waals surface area contributed by atoms with E-state index in [1.54, 1.807) is 12.4 Å². The zero-order chi connectivity index (χ0) is 8.81. The van der Waals surface area contributed by atoms with Crippen LogP contribution in [-0.4, -0.2) is 11.0 Å². The van der Waals surface area contributed by atoms with Crippen molar-refractivity contribution in [1.29, 1.82) is 0 Å². The van der Waals surface area contributed by atoms with Crippen molar-refractivity contribution in [3.05, 3.63) is 30.1 Å². The van der Waals surface area contributed by atoms with Crippen LogP contribution in [0.1, 0.15) is 5.56 Å². The molecule has 1 rings (SSSR count). The first-order chi connectivity index (χ1) is 5.86. The molecule has 0 aliphatic rings. The minimum atomic E-state index is -0.116. The van der Waals surface area contributed by atoms with Crippen LogP contribution in [0.4, 0.5) is 0 Å². The van der Waals surface area contributed by atoms with E-state index in [9.17, 15) is 0 Å². The number of nitrogens with zero attached hydrogens (tertiary/aromatic N) is 1. The van der Waals surface area contributed by atoms with Crippen LogP contribution in [0, 0.1) is 12.3 Å². The van der Waals surface area contributed by atoms with Crippen LogP contribution >= 0.6 is 0 Å². The van der Waals surface area contributed by atoms with Gasteiger partial charge in [0, 0.05) is 18.8 Å². The molecule has 12 heavy (non-hydrogen) atoms. The third-order valence-electron chi connectivity index (χ3n) is 1.56. The van der Waals surface area contributed by atoms with Crippen molar-refractivity contribution in [2.45, 2.75) is 12.5 Å². The van der Waals surface area contributed by atoms with Gasteiger partial charge in [-0.15, -0.1) is 6.42 Å². The predicted molar refractivity (Wildman–Crippen MR) is 47.9 cm³/mol. The molecular formula is C9H11N3. The number of terminal acetylenes is 1. The monoisotopic (exact) mass is 161 g/mol. The molecule has 0 aromatic carbocycles. The highest BCUT2D eigenvalue weighted by molar-refractivity contribution is 5.14. The lowest BCUT2D eigenvalue weighted by atomic mass is 10.1. The summed E-state index contributed by atoms with van der Waals surface area (Å²) in [7, 11) is 0. The van der Waals surface area contributed by atoms with Gasteiger partial charge in [-0.1, -0.05) is 12.0 Å². The molecule has 0 aliphatic heterocycles. The van der Waals surface area contributed by atoms with E-state index in [4.69, 9.17) is 12.3 Å². The summed E-state index contributed by atoms with van der Waals surface area (Å²) in [6.45, 7) is 0. The van der Waals surface area contributed by atoms with Gasteiger partial charge in [0.05, 0.1) is 6.04 Å². The molecule has 3 heteroatoms. The fourth-order valence-electron chi connectivity index (χ4n) is 0.921. The van der Waals surface area contributed by atoms with E-state index in [0.29, 0.717) is 6.42 Å². The maximum Gasteiger partial charge on any atom is 0.0855 e. The molecule has 0 bridgehead atoms. The smallest absolute Gasteiger partial charge is 0.0855 e. The molecule has 1 unspecified atom stereocenters. The van der Waals surface area contributed by atoms with Gasteiger partial charge < -0.3 is 0 Å². The Morgan fingerprint density at radius 2 is 2.58 bits per heavy atom. The lowest BCUT2D eigenvalue weighted by Crippen LogP contribution is -2.35. The van der Waals surface area contributed by atoms with Crippen LogP contribution < -0.4 is 11.3 Å². The maximum absolute atomic E-state index is 5.22. The van der Waals surface area contributed by atoms with Crippen LogP contribution in [0.3, 0.4) is 0 Å². The Morgan fingerprint density at radius 3 is 3.08 bits per heavy atom. The molecule has 0 saturated heterocycles. The van der Waals surface area contributed by atoms with Gasteiger partial charge in [-0.3, -0.25) is 10.8 Å². The number of rotatable bonds is 3. The first-order valence-electron chi connectivity index (χ1n) is 3.68. The zero-order valence-corrected chi connectivity index (χ0v) is 6.70. The SMILES string of the molecule is C#CC(Cc1cccnc1)NN. The standard InChI is InChI=1S/C9H11N3/c1-2-9(12-10)6-8-4-3-5-11-7-8/h1,3-5,7,9,12H,6,10H2. The van der Waals surface area contributed by atoms with Crippen molar-refractivity contribution in [3.8, 4) is 12.3 Å². The Bertz CT molecular complexity index is 263. The molecule has 1 aromatic heterocycles. The largest absolute Gasteiger partial charge is 0.270 e. The van der Waals surface area contributed by atoms with E-state index >= 15 is 0 Å². The molecule has 1 atom stereocenters. The maximum atomic E-state index is 5.22. The molecule has 3 N–H and O–H groups in total. The van der Waals surface area contributed by atoms with Crippen molar-refractivity contribution in [1.82, 2.24) is 10.4 Å². The minimum Gasteiger partial charge on any atom is -0.270 e. The molecule has 0 aliphatic carbocycles. The van der Waals surface area contributed by atoms with E-state index in [1.165, 1.54) is 0 Å². The average molecular weight is 161 g/mol. The van der Waals surface area contributed by atoms with Crippen LogP contribution in [0.5, 0.6) is 0 Å². The second-order valence-electron chi connectivity index (χ2n) is 2.45. The summed E-state index contributed by atoms with van der Waals surface area (Å²) in [5, 5.41) is 0. The Labute approximate surface area is 72.0 Å². The normalized spacial score (nSPS) is 12.0. The first kappa shape index (κ1) is 8.72. The van der Waals surface area contributed by atoms with Crippen molar-refractivity contribution in [2.75, 3.05) is 0 Å². The fourth-order valence-corrected chi connectivity index (χ4v) is 0.921. The minimum absolute atomic E-state index is 0.116. The summed E-state index contributed by atoms with van der Waals surface area (Å²) in [6, 6.07) is 3.72. The van der Waals surface area contributed by atoms with Crippen molar-refractivity contribution < 1.29 is 0 Å². The van der Waals surface area contributed by atoms with Gasteiger partial charge in [-0.2, -0.15) is 0 Å². The number of nitrogens with two attached hydrogens (primary N) is 1. The molecule has 0 radical (unpaired) electrons. The van der Waals surface area contributed by atoms with E-state index < -0.39 is 0 Å². The Morgan fingerprint density at radius 1 is 1.75 bits per heavy atom. The van der Waals surface area contributed by atoms with Gasteiger partial charge in [0.25, 0.3) is 0 Å². The Balaban J connectivity index is 2.58. The van der Waals surface area contributed by atoms with Crippen molar-refractivity contribution in [3.63, 3.8) is 0 Å². The highest BCUT2D eigenvalue weighted by Crippen LogP contribution is 1.99. The van der Waals surface area contributed by atoms with E-state index in [2.05, 4.69) is 16.3 Å². The van der Waals surface area contributed by atoms with Gasteiger partial charge in [-0.25, -0.2) is 5.43 Å². The third-order valence-corrected chi connectivity index (χ3v) is 1.56. The first-order valence-corrected chi connectivity index (χ1v) is 3.68. The molecule has 0 saturated carbocycles. The number of aromatic nitrogens is 1. The number of hydrogen-bond donors (Lipinski definition) is 2. The summed E-state index contributed by atoms with van der Waals surface area (Å²) in [5.74, 6) is 7.75. The van der Waals surface area contributed by atoms with E-state index in [1.807, 2.05) is 12.1 Å². The van der Waals surface area contributed by atoms with Gasteiger partial charge in [0.1, 0.15) is 0 Å². The fraction of sp³-hybridized carbons (Fsp3) is 0.222. The third kappa shape index (κ3) is 2.35. The average Bonchev–Trinajstić information content (AvgIpc) is 2.16. The van der Waals surface area contributed by atoms with Gasteiger partial charge in [-0.05, 0) is 11.6 Å². The molecule has 0 fully saturated rings. The Hall–Kier alpha value is -1.37. The highest BCUT2D eigenvalue weighted by Gasteiger charge is 2.01. The zero-order valence-electron chi connectivity index (χ0n) is 6.70. The number of hydrazine groups is 1. The van der Waals surface area contributed by atoms with Crippen LogP contribution in [0.25, 0.3) is 0 Å². The summed E-state index contributed by atoms with van der Waals surface area (Å²) in [4.78, 5) is 3.97. The lowest BCUT2D eigenvalue weighted by Gasteiger charge is -2.07. The van der Waals surface area contributed by atoms with Crippen molar-refractivity contribution >= 4 is 0 Å². The topological polar surface area (TPSA) is 50.9 Å². The molecule has 0 spiro atoms. The van der Waals surface area contributed by atoms with Crippen LogP contribution in [0.2, 0.25) is 0 Å². The quantitative estimate of drug-likeness (QED) is 0.375. The summed E-state index contributed by atoms with van der Waals surface area (Å²) < 4.78 is 0. The predicted octanol–water partition coefficient (Wildman–Crippen LogP) is 0.0892. The molecule has 3 nitrogen and oxygen atoms in total. The molecule has 0 amide bonds. The number of nitrogens with one attached hydrogen (secondary N) is 1. The molecule has 62 valence electrons. The second-order valence-corrected chi connectivity index (χ2v) is 2.45. The van der Waals surface area contributed by atoms with Crippen LogP contribution in [-0.2, 0) is 6.42 Å². The summed E-state index contributed by atoms with van der Waals surface area (Å²) in [5.41, 5.74) is 3.62. The molecule has 1 aromatic rings. The summed E-state index contributed by atoms with van der Waals surface area (Å²) >= 11 is 0. The second kappa shape index (κ2) is 4.50. The molecular weight excluding hydrogens is 150 g/mol. The summed E-state index contributed by atoms with van der Waals surface area (Å²) in [6.07, 6.45) is 9.43. The van der Waals surface area contributed by atoms with Gasteiger partial charge in [0.2, 0.25) is 0 Å². The van der Waals surface area contributed by atoms with Crippen molar-refractivity contribution in [2.24, 2.45) is 5.84 Å². The van der Waals surface area contributed by atoms with E-state index in [-0.39, 0.29) is 6.04 Å². The lowest BCUT2D eigenvalue weighted by molar-refractivity contribution is 0.633. The number of hydrogen-bond acceptors (Lipinski definition) is 3. The van der Waals surface area contributed by atoms with Crippen LogP contribution in [0.15, 0.2) is 24.5 Å². The van der Waals surface area contributed by atoms with Gasteiger partial charge in [0.15, 0.2) is 0 Å². The Kier molecular flexibility index (Phi) is 3.27. The molecule has 1 heterocycles. The van der Waals surface area contributed by atoms with Gasteiger partial charge >= 0.3 is 0 Å². The number of pyridine rings is 1. The highest BCUT2D eigenvalue weighted by atomic mass is 15.2.